The Balaban J connectivity index is 1.46. The molecule has 192 valence electrons. The zero-order valence-corrected chi connectivity index (χ0v) is 21.4. The zero-order chi connectivity index (χ0) is 26.3. The van der Waals surface area contributed by atoms with E-state index in [1.165, 1.54) is 6.20 Å². The van der Waals surface area contributed by atoms with Gasteiger partial charge in [0.15, 0.2) is 0 Å². The molecule has 1 saturated carbocycles. The van der Waals surface area contributed by atoms with E-state index in [9.17, 15) is 19.2 Å². The minimum atomic E-state index is -0.952. The second-order valence-corrected chi connectivity index (χ2v) is 10.6. The van der Waals surface area contributed by atoms with Crippen molar-refractivity contribution in [3.05, 3.63) is 41.7 Å². The number of benzene rings is 1. The number of anilines is 1. The van der Waals surface area contributed by atoms with Crippen LogP contribution in [0.4, 0.5) is 10.5 Å². The standard InChI is InChI=1S/C26H33N5O5/c1-6-36-22(33)20-13-27-31(17(20)3)19-9-7-8-18(10-19)28-21(32)14-30-23(34)26(29-24(30)35)12-16(2)11-25(4,5)15-26/h7-10,13,16H,6,11-12,14-15H2,1-5H3,(H,28,32)(H,29,35). The molecule has 1 aromatic heterocycles. The summed E-state index contributed by atoms with van der Waals surface area (Å²) in [5.41, 5.74) is 1.03. The molecule has 10 nitrogen and oxygen atoms in total. The van der Waals surface area contributed by atoms with Crippen LogP contribution < -0.4 is 10.6 Å². The molecule has 2 unspecified atom stereocenters. The highest BCUT2D eigenvalue weighted by molar-refractivity contribution is 6.10. The molecule has 0 radical (unpaired) electrons. The van der Waals surface area contributed by atoms with Gasteiger partial charge in [0.25, 0.3) is 5.91 Å². The minimum Gasteiger partial charge on any atom is -0.462 e. The second kappa shape index (κ2) is 9.40. The number of esters is 1. The van der Waals surface area contributed by atoms with Gasteiger partial charge in [-0.1, -0.05) is 26.8 Å². The Hall–Kier alpha value is -3.69. The van der Waals surface area contributed by atoms with Crippen molar-refractivity contribution >= 4 is 29.5 Å². The van der Waals surface area contributed by atoms with Crippen LogP contribution in [0.3, 0.4) is 0 Å². The molecule has 2 N–H and O–H groups in total. The maximum Gasteiger partial charge on any atom is 0.341 e. The molecule has 1 aliphatic heterocycles. The van der Waals surface area contributed by atoms with Crippen molar-refractivity contribution in [3.63, 3.8) is 0 Å². The quantitative estimate of drug-likeness (QED) is 0.468. The summed E-state index contributed by atoms with van der Waals surface area (Å²) in [6.45, 7) is 9.67. The normalized spacial score (nSPS) is 23.0. The van der Waals surface area contributed by atoms with Gasteiger partial charge in [0.2, 0.25) is 5.91 Å². The predicted molar refractivity (Wildman–Crippen MR) is 133 cm³/mol. The zero-order valence-electron chi connectivity index (χ0n) is 21.4. The first kappa shape index (κ1) is 25.4. The van der Waals surface area contributed by atoms with Crippen molar-refractivity contribution in [3.8, 4) is 5.69 Å². The van der Waals surface area contributed by atoms with E-state index in [1.807, 2.05) is 0 Å². The third-order valence-electron chi connectivity index (χ3n) is 6.81. The van der Waals surface area contributed by atoms with Crippen molar-refractivity contribution in [2.75, 3.05) is 18.5 Å². The molecular weight excluding hydrogens is 462 g/mol. The molecule has 4 rings (SSSR count). The Bertz CT molecular complexity index is 1220. The Morgan fingerprint density at radius 1 is 1.25 bits per heavy atom. The number of nitrogens with zero attached hydrogens (tertiary/aromatic N) is 3. The van der Waals surface area contributed by atoms with Crippen molar-refractivity contribution in [1.29, 1.82) is 0 Å². The largest absolute Gasteiger partial charge is 0.462 e. The van der Waals surface area contributed by atoms with Crippen molar-refractivity contribution < 1.29 is 23.9 Å². The maximum atomic E-state index is 13.3. The molecule has 0 bridgehead atoms. The Kier molecular flexibility index (Phi) is 6.64. The van der Waals surface area contributed by atoms with E-state index in [-0.39, 0.29) is 30.4 Å². The van der Waals surface area contributed by atoms with Crippen LogP contribution in [0.1, 0.15) is 63.0 Å². The molecule has 4 amide bonds. The number of hydrogen-bond acceptors (Lipinski definition) is 6. The molecule has 10 heteroatoms. The average Bonchev–Trinajstić information content (AvgIpc) is 3.25. The third-order valence-corrected chi connectivity index (χ3v) is 6.81. The number of imide groups is 1. The van der Waals surface area contributed by atoms with Gasteiger partial charge < -0.3 is 15.4 Å². The average molecular weight is 496 g/mol. The number of carbonyl (C=O) groups excluding carboxylic acids is 4. The van der Waals surface area contributed by atoms with Crippen LogP contribution in [0, 0.1) is 18.3 Å². The lowest BCUT2D eigenvalue weighted by Crippen LogP contribution is -2.54. The SMILES string of the molecule is CCOC(=O)c1cnn(-c2cccc(NC(=O)CN3C(=O)NC4(CC(C)CC(C)(C)C4)C3=O)c2)c1C. The summed E-state index contributed by atoms with van der Waals surface area (Å²) >= 11 is 0. The molecule has 2 fully saturated rings. The fourth-order valence-electron chi connectivity index (χ4n) is 5.79. The van der Waals surface area contributed by atoms with Gasteiger partial charge in [0.1, 0.15) is 17.6 Å². The highest BCUT2D eigenvalue weighted by atomic mass is 16.5. The molecule has 2 heterocycles. The highest BCUT2D eigenvalue weighted by Crippen LogP contribution is 2.46. The van der Waals surface area contributed by atoms with Crippen LogP contribution in [0.15, 0.2) is 30.5 Å². The van der Waals surface area contributed by atoms with E-state index in [1.54, 1.807) is 42.8 Å². The van der Waals surface area contributed by atoms with E-state index in [2.05, 4.69) is 36.5 Å². The smallest absolute Gasteiger partial charge is 0.341 e. The first-order valence-electron chi connectivity index (χ1n) is 12.2. The van der Waals surface area contributed by atoms with E-state index >= 15 is 0 Å². The molecule has 2 atom stereocenters. The summed E-state index contributed by atoms with van der Waals surface area (Å²) in [7, 11) is 0. The van der Waals surface area contributed by atoms with E-state index in [0.29, 0.717) is 35.5 Å². The number of hydrogen-bond donors (Lipinski definition) is 2. The fourth-order valence-corrected chi connectivity index (χ4v) is 5.79. The van der Waals surface area contributed by atoms with Crippen LogP contribution in [0.25, 0.3) is 5.69 Å². The molecule has 2 aromatic rings. The topological polar surface area (TPSA) is 123 Å². The van der Waals surface area contributed by atoms with E-state index in [0.717, 1.165) is 11.3 Å². The van der Waals surface area contributed by atoms with Gasteiger partial charge in [-0.15, -0.1) is 0 Å². The van der Waals surface area contributed by atoms with Gasteiger partial charge in [-0.3, -0.25) is 14.5 Å². The predicted octanol–water partition coefficient (Wildman–Crippen LogP) is 3.43. The van der Waals surface area contributed by atoms with Crippen LogP contribution in [-0.4, -0.2) is 57.2 Å². The second-order valence-electron chi connectivity index (χ2n) is 10.6. The van der Waals surface area contributed by atoms with Gasteiger partial charge in [-0.05, 0) is 62.6 Å². The summed E-state index contributed by atoms with van der Waals surface area (Å²) in [4.78, 5) is 52.0. The van der Waals surface area contributed by atoms with Crippen LogP contribution >= 0.6 is 0 Å². The van der Waals surface area contributed by atoms with Gasteiger partial charge in [0, 0.05) is 5.69 Å². The summed E-state index contributed by atoms with van der Waals surface area (Å²) < 4.78 is 6.64. The van der Waals surface area contributed by atoms with Crippen LogP contribution in [0.5, 0.6) is 0 Å². The molecule has 1 aromatic carbocycles. The Morgan fingerprint density at radius 3 is 2.69 bits per heavy atom. The molecule has 1 aliphatic carbocycles. The van der Waals surface area contributed by atoms with Crippen LogP contribution in [-0.2, 0) is 14.3 Å². The number of nitrogens with one attached hydrogen (secondary N) is 2. The number of amides is 4. The van der Waals surface area contributed by atoms with Gasteiger partial charge in [-0.25, -0.2) is 14.3 Å². The van der Waals surface area contributed by atoms with Crippen molar-refractivity contribution in [1.82, 2.24) is 20.0 Å². The first-order valence-corrected chi connectivity index (χ1v) is 12.2. The van der Waals surface area contributed by atoms with Crippen molar-refractivity contribution in [2.24, 2.45) is 11.3 Å². The number of aromatic nitrogens is 2. The van der Waals surface area contributed by atoms with Crippen molar-refractivity contribution in [2.45, 2.75) is 59.4 Å². The summed E-state index contributed by atoms with van der Waals surface area (Å²) in [5.74, 6) is -0.993. The van der Waals surface area contributed by atoms with Gasteiger partial charge >= 0.3 is 12.0 Å². The molecule has 2 aliphatic rings. The van der Waals surface area contributed by atoms with E-state index in [4.69, 9.17) is 4.74 Å². The van der Waals surface area contributed by atoms with Gasteiger partial charge in [-0.2, -0.15) is 5.10 Å². The Labute approximate surface area is 210 Å². The first-order chi connectivity index (χ1) is 16.9. The lowest BCUT2D eigenvalue weighted by molar-refractivity contribution is -0.136. The monoisotopic (exact) mass is 495 g/mol. The van der Waals surface area contributed by atoms with E-state index < -0.39 is 23.4 Å². The third kappa shape index (κ3) is 4.84. The van der Waals surface area contributed by atoms with Gasteiger partial charge in [0.05, 0.1) is 24.2 Å². The lowest BCUT2D eigenvalue weighted by atomic mass is 9.64. The van der Waals surface area contributed by atoms with Crippen LogP contribution in [0.2, 0.25) is 0 Å². The number of rotatable bonds is 6. The summed E-state index contributed by atoms with van der Waals surface area (Å²) in [6, 6.07) is 6.39. The highest BCUT2D eigenvalue weighted by Gasteiger charge is 2.56. The summed E-state index contributed by atoms with van der Waals surface area (Å²) in [5, 5.41) is 9.93. The Morgan fingerprint density at radius 2 is 2.00 bits per heavy atom. The molecular formula is C26H33N5O5. The summed E-state index contributed by atoms with van der Waals surface area (Å²) in [6.07, 6.45) is 3.54. The number of urea groups is 1. The number of ether oxygens (including phenoxy) is 1. The molecule has 1 spiro atoms. The lowest BCUT2D eigenvalue weighted by Gasteiger charge is -2.43. The number of carbonyl (C=O) groups is 4. The molecule has 1 saturated heterocycles. The minimum absolute atomic E-state index is 0.0862. The maximum absolute atomic E-state index is 13.3. The fraction of sp³-hybridized carbons (Fsp3) is 0.500. The molecule has 36 heavy (non-hydrogen) atoms.